The van der Waals surface area contributed by atoms with E-state index in [0.717, 1.165) is 11.1 Å². The Bertz CT molecular complexity index is 2090. The van der Waals surface area contributed by atoms with Crippen molar-refractivity contribution in [2.24, 2.45) is 4.99 Å². The number of benzene rings is 2. The first-order valence-corrected chi connectivity index (χ1v) is 21.2. The normalized spacial score (nSPS) is 15.6. The van der Waals surface area contributed by atoms with Gasteiger partial charge in [-0.3, -0.25) is 24.2 Å². The molecule has 60 heavy (non-hydrogen) atoms. The maximum Gasteiger partial charge on any atom is 0.405 e. The van der Waals surface area contributed by atoms with Crippen LogP contribution in [-0.4, -0.2) is 92.6 Å². The van der Waals surface area contributed by atoms with Gasteiger partial charge in [0.15, 0.2) is 0 Å². The minimum absolute atomic E-state index is 0.0434. The van der Waals surface area contributed by atoms with Crippen LogP contribution in [-0.2, 0) is 35.6 Å². The number of nitrogens with zero attached hydrogens (tertiary/aromatic N) is 1. The Balaban J connectivity index is 1.81. The molecule has 1 aliphatic rings. The van der Waals surface area contributed by atoms with E-state index in [4.69, 9.17) is 4.74 Å². The first-order chi connectivity index (χ1) is 28.1. The molecule has 2 aromatic rings. The fourth-order valence-electron chi connectivity index (χ4n) is 6.90. The third-order valence-corrected chi connectivity index (χ3v) is 11.8. The highest BCUT2D eigenvalue weighted by Gasteiger charge is 2.38. The molecule has 8 N–H and O–H groups in total. The second kappa shape index (κ2) is 20.9. The molecule has 0 saturated heterocycles. The van der Waals surface area contributed by atoms with Gasteiger partial charge in [-0.05, 0) is 89.5 Å². The molecule has 5 amide bonds. The average Bonchev–Trinajstić information content (AvgIpc) is 3.53. The lowest BCUT2D eigenvalue weighted by molar-refractivity contribution is -0.135. The van der Waals surface area contributed by atoms with Gasteiger partial charge in [-0.1, -0.05) is 49.4 Å². The van der Waals surface area contributed by atoms with Crippen molar-refractivity contribution < 1.29 is 42.2 Å². The molecule has 0 bridgehead atoms. The zero-order valence-corrected chi connectivity index (χ0v) is 36.5. The Labute approximate surface area is 352 Å². The van der Waals surface area contributed by atoms with E-state index in [2.05, 4.69) is 54.8 Å². The molecule has 1 aliphatic heterocycles. The van der Waals surface area contributed by atoms with E-state index in [9.17, 15) is 37.5 Å². The lowest BCUT2D eigenvalue weighted by Gasteiger charge is -2.30. The Kier molecular flexibility index (Phi) is 16.9. The number of carbonyl (C=O) groups excluding carboxylic acids is 4. The van der Waals surface area contributed by atoms with Crippen molar-refractivity contribution in [1.29, 1.82) is 0 Å². The third kappa shape index (κ3) is 12.3. The van der Waals surface area contributed by atoms with Gasteiger partial charge < -0.3 is 41.7 Å². The highest BCUT2D eigenvalue weighted by molar-refractivity contribution is 7.90. The molecule has 0 spiro atoms. The zero-order chi connectivity index (χ0) is 45.0. The molecule has 328 valence electrons. The standard InChI is InChI=1S/C42H60N8O9S/c1-11-21-42(9,49-40(55)56)38(54)47-31(36(52)46-30(13-3)35(51)48-32(37(53)44-22-12-2)28-18-15-14-16-19-28)20-17-23-45-39(43-10)50-60(57,58)34-26(5)25(4)33-29(27(34)6)24-41(7,8)59-33/h11-12,14-16,18-19,30-32,49H,1-2,13,17,20-24H2,3-10H3,(H,44,53)(H,46,52)(H,47,54)(H,48,51)(H,55,56)(H2,43,45,50). The van der Waals surface area contributed by atoms with Crippen molar-refractivity contribution in [2.75, 3.05) is 20.1 Å². The summed E-state index contributed by atoms with van der Waals surface area (Å²) in [5.74, 6) is -2.12. The summed E-state index contributed by atoms with van der Waals surface area (Å²) in [6.07, 6.45) is 2.03. The van der Waals surface area contributed by atoms with Crippen LogP contribution in [0.4, 0.5) is 4.79 Å². The predicted octanol–water partition coefficient (Wildman–Crippen LogP) is 3.10. The molecule has 0 radical (unpaired) electrons. The number of guanidine groups is 1. The van der Waals surface area contributed by atoms with Crippen LogP contribution in [0.1, 0.15) is 87.2 Å². The monoisotopic (exact) mass is 852 g/mol. The molecular weight excluding hydrogens is 793 g/mol. The van der Waals surface area contributed by atoms with E-state index in [-0.39, 0.29) is 49.6 Å². The predicted molar refractivity (Wildman–Crippen MR) is 229 cm³/mol. The summed E-state index contributed by atoms with van der Waals surface area (Å²) in [5, 5.41) is 25.3. The molecule has 17 nitrogen and oxygen atoms in total. The van der Waals surface area contributed by atoms with Gasteiger partial charge in [0.1, 0.15) is 35.0 Å². The maximum atomic E-state index is 13.9. The molecule has 3 rings (SSSR count). The van der Waals surface area contributed by atoms with E-state index in [1.54, 1.807) is 51.1 Å². The Hall–Kier alpha value is -5.91. The van der Waals surface area contributed by atoms with Crippen molar-refractivity contribution in [2.45, 2.75) is 115 Å². The van der Waals surface area contributed by atoms with E-state index in [0.29, 0.717) is 28.9 Å². The van der Waals surface area contributed by atoms with Crippen LogP contribution in [0.2, 0.25) is 0 Å². The summed E-state index contributed by atoms with van der Waals surface area (Å²) in [7, 11) is -2.74. The first-order valence-electron chi connectivity index (χ1n) is 19.7. The fraction of sp³-hybridized carbons (Fsp3) is 0.476. The summed E-state index contributed by atoms with van der Waals surface area (Å²) in [6, 6.07) is 5.00. The smallest absolute Gasteiger partial charge is 0.405 e. The Morgan fingerprint density at radius 2 is 1.58 bits per heavy atom. The molecule has 0 aromatic heterocycles. The van der Waals surface area contributed by atoms with Crippen LogP contribution in [0.5, 0.6) is 5.75 Å². The van der Waals surface area contributed by atoms with E-state index >= 15 is 0 Å². The third-order valence-electron chi connectivity index (χ3n) is 10.2. The minimum atomic E-state index is -4.14. The quantitative estimate of drug-likeness (QED) is 0.0419. The van der Waals surface area contributed by atoms with Crippen molar-refractivity contribution in [3.8, 4) is 5.75 Å². The number of rotatable bonds is 20. The van der Waals surface area contributed by atoms with E-state index in [1.165, 1.54) is 26.1 Å². The number of hydrogen-bond donors (Lipinski definition) is 8. The molecule has 2 aromatic carbocycles. The summed E-state index contributed by atoms with van der Waals surface area (Å²) in [5.41, 5.74) is 0.992. The second-order valence-corrected chi connectivity index (χ2v) is 17.1. The number of carbonyl (C=O) groups is 5. The number of hydrogen-bond acceptors (Lipinski definition) is 9. The van der Waals surface area contributed by atoms with Crippen molar-refractivity contribution in [3.63, 3.8) is 0 Å². The first kappa shape index (κ1) is 48.5. The molecule has 0 saturated carbocycles. The fourth-order valence-corrected chi connectivity index (χ4v) is 8.50. The maximum absolute atomic E-state index is 13.9. The van der Waals surface area contributed by atoms with Gasteiger partial charge in [0.2, 0.25) is 29.6 Å². The minimum Gasteiger partial charge on any atom is -0.487 e. The van der Waals surface area contributed by atoms with E-state index in [1.807, 2.05) is 20.8 Å². The van der Waals surface area contributed by atoms with Crippen LogP contribution < -0.4 is 41.4 Å². The molecule has 1 heterocycles. The summed E-state index contributed by atoms with van der Waals surface area (Å²) in [6.45, 7) is 19.6. The van der Waals surface area contributed by atoms with Gasteiger partial charge in [0, 0.05) is 32.1 Å². The van der Waals surface area contributed by atoms with Crippen LogP contribution in [0.15, 0.2) is 65.5 Å². The molecule has 4 unspecified atom stereocenters. The number of amides is 5. The number of fused-ring (bicyclic) bond motifs is 1. The molecule has 0 fully saturated rings. The lowest BCUT2D eigenvalue weighted by atomic mass is 9.94. The van der Waals surface area contributed by atoms with Crippen molar-refractivity contribution >= 4 is 45.7 Å². The lowest BCUT2D eigenvalue weighted by Crippen LogP contribution is -2.61. The Morgan fingerprint density at radius 1 is 0.933 bits per heavy atom. The van der Waals surface area contributed by atoms with Crippen LogP contribution in [0, 0.1) is 20.8 Å². The zero-order valence-electron chi connectivity index (χ0n) is 35.7. The summed E-state index contributed by atoms with van der Waals surface area (Å²) >= 11 is 0. The average molecular weight is 853 g/mol. The highest BCUT2D eigenvalue weighted by atomic mass is 32.2. The van der Waals surface area contributed by atoms with Gasteiger partial charge in [-0.25, -0.2) is 17.9 Å². The molecule has 0 aliphatic carbocycles. The molecule has 18 heteroatoms. The van der Waals surface area contributed by atoms with Crippen molar-refractivity contribution in [1.82, 2.24) is 36.6 Å². The Morgan fingerprint density at radius 3 is 2.17 bits per heavy atom. The SMILES string of the molecule is C=CCNC(=O)C(NC(=O)C(CC)NC(=O)C(CCCN/C(=N\C)NS(=O)(=O)c1c(C)c(C)c2c(c1C)CC(C)(C)O2)NC(=O)C(C)(CC=C)NC(=O)O)c1ccccc1. The number of nitrogens with one attached hydrogen (secondary N) is 7. The number of sulfonamides is 1. The van der Waals surface area contributed by atoms with Crippen LogP contribution >= 0.6 is 0 Å². The van der Waals surface area contributed by atoms with Gasteiger partial charge in [0.25, 0.3) is 10.0 Å². The second-order valence-electron chi connectivity index (χ2n) is 15.4. The molecule has 4 atom stereocenters. The number of carboxylic acid groups (broad SMARTS) is 1. The topological polar surface area (TPSA) is 246 Å². The van der Waals surface area contributed by atoms with Gasteiger partial charge in [-0.2, -0.15) is 0 Å². The number of ether oxygens (including phenoxy) is 1. The summed E-state index contributed by atoms with van der Waals surface area (Å²) < 4.78 is 36.4. The van der Waals surface area contributed by atoms with Gasteiger partial charge in [-0.15, -0.1) is 13.2 Å². The van der Waals surface area contributed by atoms with Gasteiger partial charge >= 0.3 is 6.09 Å². The van der Waals surface area contributed by atoms with Gasteiger partial charge in [0.05, 0.1) is 4.90 Å². The van der Waals surface area contributed by atoms with Crippen LogP contribution in [0.3, 0.4) is 0 Å². The van der Waals surface area contributed by atoms with Crippen molar-refractivity contribution in [3.05, 3.63) is 83.5 Å². The summed E-state index contributed by atoms with van der Waals surface area (Å²) in [4.78, 5) is 70.1. The van der Waals surface area contributed by atoms with E-state index < -0.39 is 69.0 Å². The molecular formula is C42H60N8O9S. The number of aliphatic imine (C=N–C) groups is 1. The van der Waals surface area contributed by atoms with Crippen LogP contribution in [0.25, 0.3) is 0 Å². The highest BCUT2D eigenvalue weighted by Crippen LogP contribution is 2.43. The largest absolute Gasteiger partial charge is 0.487 e.